The van der Waals surface area contributed by atoms with Crippen molar-refractivity contribution in [2.45, 2.75) is 53.9 Å². The third-order valence-electron chi connectivity index (χ3n) is 3.75. The lowest BCUT2D eigenvalue weighted by atomic mass is 9.99. The van der Waals surface area contributed by atoms with Crippen molar-refractivity contribution < 1.29 is 4.79 Å². The van der Waals surface area contributed by atoms with Gasteiger partial charge in [0, 0.05) is 12.6 Å². The fourth-order valence-corrected chi connectivity index (χ4v) is 2.36. The lowest BCUT2D eigenvalue weighted by molar-refractivity contribution is -0.116. The average molecular weight is 249 g/mol. The molecular weight excluding hydrogens is 222 g/mol. The molecule has 102 valence electrons. The van der Waals surface area contributed by atoms with E-state index in [0.717, 1.165) is 18.5 Å². The Hall–Kier alpha value is -1.05. The van der Waals surface area contributed by atoms with Crippen molar-refractivity contribution in [3.05, 3.63) is 23.3 Å². The standard InChI is InChI=1S/C16H27NO/c1-12(2)7-6-8-16(5)10-14(16)11-17-15(18)9-13(3)4/h7,9,14H,6,8,10-11H2,1-5H3,(H,17,18). The molecule has 0 heterocycles. The van der Waals surface area contributed by atoms with Gasteiger partial charge in [-0.2, -0.15) is 0 Å². The molecule has 1 amide bonds. The van der Waals surface area contributed by atoms with Crippen LogP contribution in [0.5, 0.6) is 0 Å². The number of allylic oxidation sites excluding steroid dienone is 3. The first-order chi connectivity index (χ1) is 8.33. The van der Waals surface area contributed by atoms with Crippen LogP contribution in [0.25, 0.3) is 0 Å². The van der Waals surface area contributed by atoms with E-state index in [1.807, 2.05) is 13.8 Å². The Morgan fingerprint density at radius 1 is 1.28 bits per heavy atom. The summed E-state index contributed by atoms with van der Waals surface area (Å²) >= 11 is 0. The smallest absolute Gasteiger partial charge is 0.243 e. The molecule has 18 heavy (non-hydrogen) atoms. The van der Waals surface area contributed by atoms with Crippen LogP contribution < -0.4 is 5.32 Å². The van der Waals surface area contributed by atoms with Gasteiger partial charge in [0.1, 0.15) is 0 Å². The Labute approximate surface area is 112 Å². The maximum absolute atomic E-state index is 11.5. The van der Waals surface area contributed by atoms with Gasteiger partial charge >= 0.3 is 0 Å². The Balaban J connectivity index is 2.25. The molecule has 2 nitrogen and oxygen atoms in total. The number of hydrogen-bond donors (Lipinski definition) is 1. The third-order valence-corrected chi connectivity index (χ3v) is 3.75. The van der Waals surface area contributed by atoms with Gasteiger partial charge in [0.25, 0.3) is 0 Å². The van der Waals surface area contributed by atoms with Gasteiger partial charge < -0.3 is 5.32 Å². The predicted octanol–water partition coefficient (Wildman–Crippen LogP) is 3.84. The van der Waals surface area contributed by atoms with Gasteiger partial charge in [-0.1, -0.05) is 24.1 Å². The average Bonchev–Trinajstić information content (AvgIpc) is 2.85. The second-order valence-electron chi connectivity index (χ2n) is 6.34. The maximum atomic E-state index is 11.5. The molecule has 0 aliphatic heterocycles. The SMILES string of the molecule is CC(C)=CCCC1(C)CC1CNC(=O)C=C(C)C. The third kappa shape index (κ3) is 5.07. The van der Waals surface area contributed by atoms with Crippen LogP contribution in [0.3, 0.4) is 0 Å². The van der Waals surface area contributed by atoms with Crippen LogP contribution in [0.15, 0.2) is 23.3 Å². The minimum atomic E-state index is 0.0496. The highest BCUT2D eigenvalue weighted by Gasteiger charge is 2.48. The highest BCUT2D eigenvalue weighted by molar-refractivity contribution is 5.88. The second kappa shape index (κ2) is 6.21. The minimum absolute atomic E-state index is 0.0496. The molecule has 1 saturated carbocycles. The molecule has 1 aliphatic rings. The topological polar surface area (TPSA) is 29.1 Å². The Morgan fingerprint density at radius 3 is 2.50 bits per heavy atom. The van der Waals surface area contributed by atoms with Crippen LogP contribution >= 0.6 is 0 Å². The first kappa shape index (κ1) is 15.0. The maximum Gasteiger partial charge on any atom is 0.243 e. The normalized spacial score (nSPS) is 25.3. The Morgan fingerprint density at radius 2 is 1.94 bits per heavy atom. The fraction of sp³-hybridized carbons (Fsp3) is 0.688. The minimum Gasteiger partial charge on any atom is -0.352 e. The van der Waals surface area contributed by atoms with Gasteiger partial charge in [-0.05, 0) is 58.3 Å². The Kier molecular flexibility index (Phi) is 5.18. The molecule has 1 rings (SSSR count). The molecule has 0 aromatic rings. The van der Waals surface area contributed by atoms with Gasteiger partial charge in [0.15, 0.2) is 0 Å². The highest BCUT2D eigenvalue weighted by atomic mass is 16.1. The molecule has 2 atom stereocenters. The first-order valence-electron chi connectivity index (χ1n) is 6.89. The van der Waals surface area contributed by atoms with E-state index in [4.69, 9.17) is 0 Å². The number of rotatable bonds is 6. The van der Waals surface area contributed by atoms with Crippen molar-refractivity contribution in [3.63, 3.8) is 0 Å². The number of carbonyl (C=O) groups excluding carboxylic acids is 1. The Bertz CT molecular complexity index is 359. The van der Waals surface area contributed by atoms with Crippen molar-refractivity contribution >= 4 is 5.91 Å². The second-order valence-corrected chi connectivity index (χ2v) is 6.34. The van der Waals surface area contributed by atoms with Crippen molar-refractivity contribution in [1.82, 2.24) is 5.32 Å². The van der Waals surface area contributed by atoms with Crippen LogP contribution in [-0.2, 0) is 4.79 Å². The van der Waals surface area contributed by atoms with E-state index in [9.17, 15) is 4.79 Å². The summed E-state index contributed by atoms with van der Waals surface area (Å²) < 4.78 is 0. The molecule has 0 spiro atoms. The van der Waals surface area contributed by atoms with E-state index in [1.165, 1.54) is 18.4 Å². The zero-order chi connectivity index (χ0) is 13.8. The van der Waals surface area contributed by atoms with E-state index in [1.54, 1.807) is 6.08 Å². The lowest BCUT2D eigenvalue weighted by Gasteiger charge is -2.10. The molecule has 2 unspecified atom stereocenters. The summed E-state index contributed by atoms with van der Waals surface area (Å²) in [5.74, 6) is 0.714. The lowest BCUT2D eigenvalue weighted by Crippen LogP contribution is -2.25. The molecule has 0 aromatic carbocycles. The van der Waals surface area contributed by atoms with Gasteiger partial charge in [-0.15, -0.1) is 0 Å². The van der Waals surface area contributed by atoms with E-state index in [0.29, 0.717) is 11.3 Å². The molecule has 0 radical (unpaired) electrons. The summed E-state index contributed by atoms with van der Waals surface area (Å²) in [6.07, 6.45) is 7.63. The van der Waals surface area contributed by atoms with Crippen LogP contribution in [0.4, 0.5) is 0 Å². The molecule has 0 saturated heterocycles. The number of nitrogens with one attached hydrogen (secondary N) is 1. The molecule has 0 bridgehead atoms. The van der Waals surface area contributed by atoms with E-state index in [-0.39, 0.29) is 5.91 Å². The van der Waals surface area contributed by atoms with E-state index < -0.39 is 0 Å². The summed E-state index contributed by atoms with van der Waals surface area (Å²) in [5, 5.41) is 3.00. The molecular formula is C16H27NO. The number of carbonyl (C=O) groups is 1. The zero-order valence-electron chi connectivity index (χ0n) is 12.5. The van der Waals surface area contributed by atoms with Crippen LogP contribution in [-0.4, -0.2) is 12.5 Å². The number of hydrogen-bond acceptors (Lipinski definition) is 1. The monoisotopic (exact) mass is 249 g/mol. The van der Waals surface area contributed by atoms with E-state index in [2.05, 4.69) is 32.2 Å². The summed E-state index contributed by atoms with van der Waals surface area (Å²) in [7, 11) is 0. The quantitative estimate of drug-likeness (QED) is 0.562. The zero-order valence-corrected chi connectivity index (χ0v) is 12.5. The van der Waals surface area contributed by atoms with Crippen molar-refractivity contribution in [3.8, 4) is 0 Å². The van der Waals surface area contributed by atoms with Crippen LogP contribution in [0.2, 0.25) is 0 Å². The molecule has 1 fully saturated rings. The van der Waals surface area contributed by atoms with Gasteiger partial charge in [0.2, 0.25) is 5.91 Å². The van der Waals surface area contributed by atoms with Crippen molar-refractivity contribution in [2.75, 3.05) is 6.54 Å². The number of amides is 1. The van der Waals surface area contributed by atoms with Gasteiger partial charge in [0.05, 0.1) is 0 Å². The van der Waals surface area contributed by atoms with E-state index >= 15 is 0 Å². The molecule has 1 aliphatic carbocycles. The fourth-order valence-electron chi connectivity index (χ4n) is 2.36. The summed E-state index contributed by atoms with van der Waals surface area (Å²) in [6, 6.07) is 0. The molecule has 1 N–H and O–H groups in total. The van der Waals surface area contributed by atoms with Crippen LogP contribution in [0.1, 0.15) is 53.9 Å². The predicted molar refractivity (Wildman–Crippen MR) is 77.3 cm³/mol. The molecule has 2 heteroatoms. The largest absolute Gasteiger partial charge is 0.352 e. The molecule has 0 aromatic heterocycles. The van der Waals surface area contributed by atoms with Crippen LogP contribution in [0, 0.1) is 11.3 Å². The summed E-state index contributed by atoms with van der Waals surface area (Å²) in [4.78, 5) is 11.5. The summed E-state index contributed by atoms with van der Waals surface area (Å²) in [6.45, 7) is 11.3. The highest BCUT2D eigenvalue weighted by Crippen LogP contribution is 2.55. The van der Waals surface area contributed by atoms with Crippen molar-refractivity contribution in [2.24, 2.45) is 11.3 Å². The van der Waals surface area contributed by atoms with Crippen molar-refractivity contribution in [1.29, 1.82) is 0 Å². The van der Waals surface area contributed by atoms with Gasteiger partial charge in [-0.3, -0.25) is 4.79 Å². The first-order valence-corrected chi connectivity index (χ1v) is 6.89. The summed E-state index contributed by atoms with van der Waals surface area (Å²) in [5.41, 5.74) is 2.90. The van der Waals surface area contributed by atoms with Gasteiger partial charge in [-0.25, -0.2) is 0 Å².